The predicted molar refractivity (Wildman–Crippen MR) is 106 cm³/mol. The second-order valence-electron chi connectivity index (χ2n) is 8.60. The zero-order valence-electron chi connectivity index (χ0n) is 16.6. The topological polar surface area (TPSA) is 54.5 Å². The fourth-order valence-electron chi connectivity index (χ4n) is 3.65. The Morgan fingerprint density at radius 2 is 1.89 bits per heavy atom. The molecule has 1 aromatic carbocycles. The first-order valence-electron chi connectivity index (χ1n) is 9.38. The van der Waals surface area contributed by atoms with Crippen molar-refractivity contribution in [2.75, 3.05) is 14.1 Å². The summed E-state index contributed by atoms with van der Waals surface area (Å²) in [7, 11) is 3.55. The molecule has 0 bridgehead atoms. The second kappa shape index (κ2) is 6.90. The molecule has 27 heavy (non-hydrogen) atoms. The fraction of sp³-hybridized carbons (Fsp3) is 0.500. The number of hydrogen-bond donors (Lipinski definition) is 0. The summed E-state index contributed by atoms with van der Waals surface area (Å²) in [5, 5.41) is 0.187. The molecule has 1 fully saturated rings. The number of aryl methyl sites for hydroxylation is 1. The summed E-state index contributed by atoms with van der Waals surface area (Å²) < 4.78 is 0. The molecule has 0 heterocycles. The van der Waals surface area contributed by atoms with Gasteiger partial charge in [-0.3, -0.25) is 14.4 Å². The van der Waals surface area contributed by atoms with E-state index in [2.05, 4.69) is 0 Å². The number of rotatable bonds is 5. The van der Waals surface area contributed by atoms with Gasteiger partial charge in [0.25, 0.3) is 0 Å². The van der Waals surface area contributed by atoms with E-state index in [9.17, 15) is 14.4 Å². The number of benzene rings is 1. The van der Waals surface area contributed by atoms with Gasteiger partial charge in [-0.2, -0.15) is 0 Å². The standard InChI is InChI=1S/C22H26ClNO3/c1-12-10-15(18(23)17-14(12)8-9-22(2,3)21(17)27)20(26)16(11-24(4)5)19(25)13-6-7-13/h10-11,13H,6-9H2,1-5H3/b16-11+. The van der Waals surface area contributed by atoms with E-state index in [-0.39, 0.29) is 33.6 Å². The molecule has 2 aliphatic rings. The van der Waals surface area contributed by atoms with Crippen molar-refractivity contribution in [2.45, 2.75) is 46.5 Å². The molecule has 4 nitrogen and oxygen atoms in total. The summed E-state index contributed by atoms with van der Waals surface area (Å²) in [5.41, 5.74) is 2.15. The van der Waals surface area contributed by atoms with E-state index in [1.165, 1.54) is 0 Å². The lowest BCUT2D eigenvalue weighted by atomic mass is 9.71. The van der Waals surface area contributed by atoms with Gasteiger partial charge in [0.05, 0.1) is 10.6 Å². The Morgan fingerprint density at radius 1 is 1.26 bits per heavy atom. The van der Waals surface area contributed by atoms with Crippen LogP contribution in [-0.4, -0.2) is 36.3 Å². The molecule has 5 heteroatoms. The second-order valence-corrected chi connectivity index (χ2v) is 8.97. The van der Waals surface area contributed by atoms with E-state index >= 15 is 0 Å². The fourth-order valence-corrected chi connectivity index (χ4v) is 3.99. The number of allylic oxidation sites excluding steroid dienone is 1. The van der Waals surface area contributed by atoms with Crippen molar-refractivity contribution in [3.8, 4) is 0 Å². The Balaban J connectivity index is 2.13. The summed E-state index contributed by atoms with van der Waals surface area (Å²) in [6.45, 7) is 5.72. The van der Waals surface area contributed by atoms with E-state index in [4.69, 9.17) is 11.6 Å². The molecule has 0 N–H and O–H groups in total. The highest BCUT2D eigenvalue weighted by molar-refractivity contribution is 6.40. The molecule has 2 aliphatic carbocycles. The van der Waals surface area contributed by atoms with Crippen LogP contribution in [0.4, 0.5) is 0 Å². The Hall–Kier alpha value is -1.94. The molecular formula is C22H26ClNO3. The van der Waals surface area contributed by atoms with Crippen molar-refractivity contribution in [3.05, 3.63) is 45.1 Å². The van der Waals surface area contributed by atoms with Crippen molar-refractivity contribution in [2.24, 2.45) is 11.3 Å². The molecule has 0 unspecified atom stereocenters. The molecule has 0 saturated heterocycles. The van der Waals surface area contributed by atoms with E-state index in [1.807, 2.05) is 20.8 Å². The number of hydrogen-bond acceptors (Lipinski definition) is 4. The first-order chi connectivity index (χ1) is 12.5. The first kappa shape index (κ1) is 19.8. The number of halogens is 1. The Bertz CT molecular complexity index is 876. The van der Waals surface area contributed by atoms with Crippen molar-refractivity contribution >= 4 is 29.0 Å². The van der Waals surface area contributed by atoms with Gasteiger partial charge in [0.2, 0.25) is 0 Å². The molecular weight excluding hydrogens is 362 g/mol. The highest BCUT2D eigenvalue weighted by Crippen LogP contribution is 2.41. The summed E-state index contributed by atoms with van der Waals surface area (Å²) in [4.78, 5) is 40.6. The van der Waals surface area contributed by atoms with Crippen LogP contribution in [0.3, 0.4) is 0 Å². The number of carbonyl (C=O) groups excluding carboxylic acids is 3. The number of fused-ring (bicyclic) bond motifs is 1. The highest BCUT2D eigenvalue weighted by Gasteiger charge is 2.39. The number of Topliss-reactive ketones (excluding diaryl/α,β-unsaturated/α-hetero) is 3. The van der Waals surface area contributed by atoms with Gasteiger partial charge in [-0.1, -0.05) is 25.4 Å². The SMILES string of the molecule is Cc1cc(C(=O)/C(=C/N(C)C)C(=O)C2CC2)c(Cl)c2c1CCC(C)(C)C2=O. The molecule has 0 spiro atoms. The molecule has 0 aliphatic heterocycles. The van der Waals surface area contributed by atoms with Crippen LogP contribution in [0.5, 0.6) is 0 Å². The Kier molecular flexibility index (Phi) is 5.06. The molecule has 0 radical (unpaired) electrons. The highest BCUT2D eigenvalue weighted by atomic mass is 35.5. The van der Waals surface area contributed by atoms with E-state index in [0.29, 0.717) is 5.56 Å². The lowest BCUT2D eigenvalue weighted by Crippen LogP contribution is -2.32. The molecule has 144 valence electrons. The zero-order valence-corrected chi connectivity index (χ0v) is 17.4. The van der Waals surface area contributed by atoms with E-state index < -0.39 is 11.2 Å². The van der Waals surface area contributed by atoms with Crippen molar-refractivity contribution in [3.63, 3.8) is 0 Å². The van der Waals surface area contributed by atoms with Gasteiger partial charge in [-0.15, -0.1) is 0 Å². The molecule has 1 saturated carbocycles. The van der Waals surface area contributed by atoms with Gasteiger partial charge in [0.1, 0.15) is 0 Å². The lowest BCUT2D eigenvalue weighted by molar-refractivity contribution is -0.116. The third-order valence-corrected chi connectivity index (χ3v) is 5.92. The maximum Gasteiger partial charge on any atom is 0.199 e. The van der Waals surface area contributed by atoms with Gasteiger partial charge < -0.3 is 4.90 Å². The van der Waals surface area contributed by atoms with Gasteiger partial charge >= 0.3 is 0 Å². The third kappa shape index (κ3) is 3.60. The minimum atomic E-state index is -0.503. The average molecular weight is 388 g/mol. The van der Waals surface area contributed by atoms with Crippen LogP contribution in [0.1, 0.15) is 65.0 Å². The van der Waals surface area contributed by atoms with Crippen LogP contribution in [0.2, 0.25) is 5.02 Å². The maximum absolute atomic E-state index is 13.3. The van der Waals surface area contributed by atoms with Crippen LogP contribution < -0.4 is 0 Å². The van der Waals surface area contributed by atoms with Crippen LogP contribution in [0.25, 0.3) is 0 Å². The van der Waals surface area contributed by atoms with Gasteiger partial charge in [-0.05, 0) is 49.8 Å². The smallest absolute Gasteiger partial charge is 0.199 e. The van der Waals surface area contributed by atoms with Crippen LogP contribution in [0.15, 0.2) is 17.8 Å². The molecule has 0 amide bonds. The Morgan fingerprint density at radius 3 is 2.44 bits per heavy atom. The van der Waals surface area contributed by atoms with Gasteiger partial charge in [0.15, 0.2) is 17.3 Å². The molecule has 1 aromatic rings. The monoisotopic (exact) mass is 387 g/mol. The maximum atomic E-state index is 13.3. The lowest BCUT2D eigenvalue weighted by Gasteiger charge is -2.31. The average Bonchev–Trinajstić information content (AvgIpc) is 3.42. The first-order valence-corrected chi connectivity index (χ1v) is 9.76. The largest absolute Gasteiger partial charge is 0.383 e. The molecule has 3 rings (SSSR count). The van der Waals surface area contributed by atoms with Crippen LogP contribution in [-0.2, 0) is 11.2 Å². The van der Waals surface area contributed by atoms with Crippen LogP contribution >= 0.6 is 11.6 Å². The van der Waals surface area contributed by atoms with Gasteiger partial charge in [0, 0.05) is 42.8 Å². The van der Waals surface area contributed by atoms with E-state index in [0.717, 1.165) is 36.8 Å². The minimum Gasteiger partial charge on any atom is -0.383 e. The quantitative estimate of drug-likeness (QED) is 0.325. The van der Waals surface area contributed by atoms with E-state index in [1.54, 1.807) is 31.3 Å². The van der Waals surface area contributed by atoms with Gasteiger partial charge in [-0.25, -0.2) is 0 Å². The van der Waals surface area contributed by atoms with Crippen molar-refractivity contribution in [1.29, 1.82) is 0 Å². The third-order valence-electron chi connectivity index (χ3n) is 5.53. The number of nitrogens with zero attached hydrogens (tertiary/aromatic N) is 1. The Labute approximate surface area is 165 Å². The number of carbonyl (C=O) groups is 3. The number of ketones is 3. The minimum absolute atomic E-state index is 0.0295. The predicted octanol–water partition coefficient (Wildman–Crippen LogP) is 4.41. The summed E-state index contributed by atoms with van der Waals surface area (Å²) >= 11 is 6.60. The van der Waals surface area contributed by atoms with Crippen LogP contribution in [0, 0.1) is 18.3 Å². The molecule has 0 atom stereocenters. The summed E-state index contributed by atoms with van der Waals surface area (Å²) in [5.74, 6) is -0.629. The zero-order chi connectivity index (χ0) is 20.1. The normalized spacial score (nSPS) is 18.9. The van der Waals surface area contributed by atoms with Crippen molar-refractivity contribution in [1.82, 2.24) is 4.90 Å². The van der Waals surface area contributed by atoms with Crippen molar-refractivity contribution < 1.29 is 14.4 Å². The molecule has 0 aromatic heterocycles. The summed E-state index contributed by atoms with van der Waals surface area (Å²) in [6.07, 6.45) is 4.73. The summed E-state index contributed by atoms with van der Waals surface area (Å²) in [6, 6.07) is 1.73.